The van der Waals surface area contributed by atoms with Crippen LogP contribution in [0.2, 0.25) is 15.1 Å². The van der Waals surface area contributed by atoms with Crippen LogP contribution in [0.3, 0.4) is 0 Å². The normalized spacial score (nSPS) is 10.9. The number of nitrogens with one attached hydrogen (secondary N) is 1. The van der Waals surface area contributed by atoms with Crippen LogP contribution in [-0.2, 0) is 4.79 Å². The Bertz CT molecular complexity index is 1050. The van der Waals surface area contributed by atoms with E-state index in [-0.39, 0.29) is 12.6 Å². The Morgan fingerprint density at radius 2 is 1.77 bits per heavy atom. The molecule has 0 radical (unpaired) electrons. The Kier molecular flexibility index (Phi) is 8.24. The fourth-order valence-corrected chi connectivity index (χ4v) is 3.81. The maximum Gasteiger partial charge on any atom is 0.238 e. The van der Waals surface area contributed by atoms with E-state index in [1.54, 1.807) is 22.9 Å². The summed E-state index contributed by atoms with van der Waals surface area (Å²) in [5.74, 6) is 0.369. The fraction of sp³-hybridized carbons (Fsp3) is 0.304. The third-order valence-corrected chi connectivity index (χ3v) is 5.61. The minimum Gasteiger partial charge on any atom is -0.455 e. The lowest BCUT2D eigenvalue weighted by atomic mass is 10.1. The molecule has 31 heavy (non-hydrogen) atoms. The second-order valence-corrected chi connectivity index (χ2v) is 8.42. The molecule has 0 unspecified atom stereocenters. The van der Waals surface area contributed by atoms with Crippen LogP contribution in [0.25, 0.3) is 16.9 Å². The van der Waals surface area contributed by atoms with E-state index in [2.05, 4.69) is 17.3 Å². The van der Waals surface area contributed by atoms with E-state index in [4.69, 9.17) is 39.5 Å². The largest absolute Gasteiger partial charge is 0.455 e. The van der Waals surface area contributed by atoms with Gasteiger partial charge in [-0.1, -0.05) is 66.7 Å². The van der Waals surface area contributed by atoms with Crippen molar-refractivity contribution in [2.24, 2.45) is 0 Å². The van der Waals surface area contributed by atoms with Gasteiger partial charge in [-0.25, -0.2) is 4.68 Å². The highest BCUT2D eigenvalue weighted by Crippen LogP contribution is 2.35. The average molecular weight is 481 g/mol. The predicted molar refractivity (Wildman–Crippen MR) is 127 cm³/mol. The maximum atomic E-state index is 12.0. The van der Waals surface area contributed by atoms with Gasteiger partial charge in [-0.3, -0.25) is 4.79 Å². The number of rotatable bonds is 9. The molecule has 0 aliphatic heterocycles. The summed E-state index contributed by atoms with van der Waals surface area (Å²) in [5, 5.41) is 9.04. The van der Waals surface area contributed by atoms with Crippen LogP contribution in [0, 0.1) is 6.92 Å². The van der Waals surface area contributed by atoms with Gasteiger partial charge < -0.3 is 10.1 Å². The number of amides is 1. The molecule has 1 N–H and O–H groups in total. The number of hydrogen-bond acceptors (Lipinski definition) is 3. The summed E-state index contributed by atoms with van der Waals surface area (Å²) in [7, 11) is 0. The lowest BCUT2D eigenvalue weighted by Crippen LogP contribution is -2.27. The van der Waals surface area contributed by atoms with Crippen LogP contribution in [0.15, 0.2) is 42.5 Å². The van der Waals surface area contributed by atoms with E-state index in [9.17, 15) is 4.79 Å². The average Bonchev–Trinajstić information content (AvgIpc) is 3.05. The summed E-state index contributed by atoms with van der Waals surface area (Å²) >= 11 is 18.6. The maximum absolute atomic E-state index is 12.0. The highest BCUT2D eigenvalue weighted by atomic mass is 35.5. The van der Waals surface area contributed by atoms with Gasteiger partial charge in [-0.05, 0) is 43.7 Å². The second-order valence-electron chi connectivity index (χ2n) is 7.14. The first-order chi connectivity index (χ1) is 14.9. The van der Waals surface area contributed by atoms with Gasteiger partial charge in [0, 0.05) is 27.6 Å². The molecule has 0 spiro atoms. The number of benzene rings is 2. The van der Waals surface area contributed by atoms with Crippen molar-refractivity contribution in [2.75, 3.05) is 6.73 Å². The molecule has 0 fully saturated rings. The Morgan fingerprint density at radius 1 is 1.06 bits per heavy atom. The van der Waals surface area contributed by atoms with E-state index in [0.717, 1.165) is 36.1 Å². The third-order valence-electron chi connectivity index (χ3n) is 4.82. The van der Waals surface area contributed by atoms with Crippen LogP contribution in [-0.4, -0.2) is 22.4 Å². The summed E-state index contributed by atoms with van der Waals surface area (Å²) in [6.07, 6.45) is 3.46. The van der Waals surface area contributed by atoms with Crippen molar-refractivity contribution in [1.29, 1.82) is 0 Å². The first kappa shape index (κ1) is 23.5. The number of ether oxygens (including phenoxy) is 1. The number of aromatic nitrogens is 2. The minimum atomic E-state index is -0.0378. The van der Waals surface area contributed by atoms with Crippen LogP contribution >= 0.6 is 34.8 Å². The zero-order valence-corrected chi connectivity index (χ0v) is 19.7. The molecule has 0 aliphatic carbocycles. The molecule has 3 rings (SSSR count). The van der Waals surface area contributed by atoms with Gasteiger partial charge in [0.2, 0.25) is 11.8 Å². The van der Waals surface area contributed by atoms with Crippen molar-refractivity contribution < 1.29 is 9.53 Å². The monoisotopic (exact) mass is 479 g/mol. The lowest BCUT2D eigenvalue weighted by Gasteiger charge is -2.10. The molecule has 0 aliphatic rings. The van der Waals surface area contributed by atoms with Gasteiger partial charge in [0.25, 0.3) is 0 Å². The number of carbonyl (C=O) groups is 1. The molecular formula is C23H24Cl3N3O2. The summed E-state index contributed by atoms with van der Waals surface area (Å²) < 4.78 is 7.52. The molecule has 164 valence electrons. The number of unbranched alkanes of at least 4 members (excludes halogenated alkanes) is 2. The van der Waals surface area contributed by atoms with Crippen molar-refractivity contribution >= 4 is 40.7 Å². The zero-order chi connectivity index (χ0) is 22.4. The van der Waals surface area contributed by atoms with Crippen molar-refractivity contribution in [3.8, 4) is 22.8 Å². The van der Waals surface area contributed by atoms with Crippen LogP contribution < -0.4 is 10.1 Å². The molecule has 0 bridgehead atoms. The van der Waals surface area contributed by atoms with Gasteiger partial charge in [-0.2, -0.15) is 0 Å². The SMILES string of the molecule is CCCCCC(=O)NCOc1nn(-c2ccc(Cl)cc2Cl)c(-c2ccc(Cl)cc2)c1C. The van der Waals surface area contributed by atoms with Gasteiger partial charge in [0.1, 0.15) is 0 Å². The zero-order valence-electron chi connectivity index (χ0n) is 17.4. The molecular weight excluding hydrogens is 457 g/mol. The first-order valence-electron chi connectivity index (χ1n) is 10.1. The van der Waals surface area contributed by atoms with Gasteiger partial charge in [-0.15, -0.1) is 5.10 Å². The predicted octanol–water partition coefficient (Wildman–Crippen LogP) is 6.84. The smallest absolute Gasteiger partial charge is 0.238 e. The Morgan fingerprint density at radius 3 is 2.45 bits per heavy atom. The highest BCUT2D eigenvalue weighted by molar-refractivity contribution is 6.35. The van der Waals surface area contributed by atoms with Crippen molar-refractivity contribution in [3.05, 3.63) is 63.1 Å². The van der Waals surface area contributed by atoms with Gasteiger partial charge in [0.05, 0.1) is 16.4 Å². The van der Waals surface area contributed by atoms with Gasteiger partial charge in [0.15, 0.2) is 6.73 Å². The number of nitrogens with zero attached hydrogens (tertiary/aromatic N) is 2. The molecule has 1 aromatic heterocycles. The molecule has 0 saturated carbocycles. The Balaban J connectivity index is 1.89. The number of halogens is 3. The lowest BCUT2D eigenvalue weighted by molar-refractivity contribution is -0.122. The standard InChI is InChI=1S/C23H24Cl3N3O2/c1-3-4-5-6-21(30)27-14-31-23-15(2)22(16-7-9-17(24)10-8-16)29(28-23)20-12-11-18(25)13-19(20)26/h7-13H,3-6,14H2,1-2H3,(H,27,30). The molecule has 3 aromatic rings. The summed E-state index contributed by atoms with van der Waals surface area (Å²) in [6.45, 7) is 4.05. The van der Waals surface area contributed by atoms with Crippen molar-refractivity contribution in [3.63, 3.8) is 0 Å². The molecule has 0 saturated heterocycles. The number of hydrogen-bond donors (Lipinski definition) is 1. The van der Waals surface area contributed by atoms with E-state index in [1.165, 1.54) is 0 Å². The molecule has 0 atom stereocenters. The topological polar surface area (TPSA) is 56.1 Å². The van der Waals surface area contributed by atoms with Crippen LogP contribution in [0.1, 0.15) is 38.2 Å². The second kappa shape index (κ2) is 10.9. The van der Waals surface area contributed by atoms with E-state index in [0.29, 0.717) is 33.1 Å². The van der Waals surface area contributed by atoms with E-state index in [1.807, 2.05) is 31.2 Å². The summed E-state index contributed by atoms with van der Waals surface area (Å²) in [5.41, 5.74) is 3.19. The Hall–Kier alpha value is -2.21. The van der Waals surface area contributed by atoms with E-state index < -0.39 is 0 Å². The molecule has 1 heterocycles. The van der Waals surface area contributed by atoms with Gasteiger partial charge >= 0.3 is 0 Å². The van der Waals surface area contributed by atoms with Crippen LogP contribution in [0.5, 0.6) is 5.88 Å². The summed E-state index contributed by atoms with van der Waals surface area (Å²) in [4.78, 5) is 12.0. The van der Waals surface area contributed by atoms with E-state index >= 15 is 0 Å². The molecule has 5 nitrogen and oxygen atoms in total. The third kappa shape index (κ3) is 5.94. The molecule has 2 aromatic carbocycles. The summed E-state index contributed by atoms with van der Waals surface area (Å²) in [6, 6.07) is 12.7. The highest BCUT2D eigenvalue weighted by Gasteiger charge is 2.20. The molecule has 8 heteroatoms. The molecule has 1 amide bonds. The number of carbonyl (C=O) groups excluding carboxylic acids is 1. The minimum absolute atomic E-state index is 0.0378. The van der Waals surface area contributed by atoms with Crippen molar-refractivity contribution in [1.82, 2.24) is 15.1 Å². The first-order valence-corrected chi connectivity index (χ1v) is 11.2. The fourth-order valence-electron chi connectivity index (χ4n) is 3.20. The van der Waals surface area contributed by atoms with Crippen molar-refractivity contribution in [2.45, 2.75) is 39.5 Å². The quantitative estimate of drug-likeness (QED) is 0.269. The van der Waals surface area contributed by atoms with Crippen LogP contribution in [0.4, 0.5) is 0 Å². The Labute approximate surface area is 197 Å².